The summed E-state index contributed by atoms with van der Waals surface area (Å²) in [4.78, 5) is 30.3. The monoisotopic (exact) mass is 456 g/mol. The van der Waals surface area contributed by atoms with Gasteiger partial charge in [-0.15, -0.1) is 11.3 Å². The minimum atomic E-state index is -4.64. The molecule has 0 radical (unpaired) electrons. The first-order valence-electron chi connectivity index (χ1n) is 9.32. The van der Waals surface area contributed by atoms with Crippen molar-refractivity contribution in [2.24, 2.45) is 16.1 Å². The molecule has 0 unspecified atom stereocenters. The first kappa shape index (κ1) is 21.2. The zero-order chi connectivity index (χ0) is 22.4. The molecule has 0 aromatic carbocycles. The van der Waals surface area contributed by atoms with Crippen LogP contribution in [0.25, 0.3) is 4.83 Å². The Balaban J connectivity index is 1.26. The van der Waals surface area contributed by atoms with E-state index in [4.69, 9.17) is 10.5 Å². The molecule has 2 aromatic heterocycles. The van der Waals surface area contributed by atoms with E-state index in [0.29, 0.717) is 37.6 Å². The molecule has 9 nitrogen and oxygen atoms in total. The lowest BCUT2D eigenvalue weighted by Crippen LogP contribution is -2.65. The Kier molecular flexibility index (Phi) is 5.15. The van der Waals surface area contributed by atoms with E-state index < -0.39 is 29.9 Å². The lowest BCUT2D eigenvalue weighted by molar-refractivity contribution is -0.114. The average Bonchev–Trinajstić information content (AvgIpc) is 3.22. The molecule has 1 spiro atoms. The molecule has 13 heteroatoms. The van der Waals surface area contributed by atoms with E-state index in [9.17, 15) is 22.8 Å². The van der Waals surface area contributed by atoms with Crippen molar-refractivity contribution in [2.45, 2.75) is 25.1 Å². The number of nitrogens with one attached hydrogen (secondary N) is 1. The van der Waals surface area contributed by atoms with Gasteiger partial charge in [0.2, 0.25) is 0 Å². The number of hydrogen-bond donors (Lipinski definition) is 2. The van der Waals surface area contributed by atoms with Crippen molar-refractivity contribution in [3.8, 4) is 0 Å². The molecular weight excluding hydrogens is 437 g/mol. The van der Waals surface area contributed by atoms with E-state index in [2.05, 4.69) is 10.1 Å². The van der Waals surface area contributed by atoms with Gasteiger partial charge in [0, 0.05) is 43.2 Å². The molecule has 2 fully saturated rings. The van der Waals surface area contributed by atoms with Gasteiger partial charge >= 0.3 is 12.3 Å². The number of ether oxygens (including phenoxy) is 1. The van der Waals surface area contributed by atoms with Crippen molar-refractivity contribution in [1.29, 1.82) is 0 Å². The smallest absolute Gasteiger partial charge is 0.435 e. The molecule has 3 heterocycles. The summed E-state index contributed by atoms with van der Waals surface area (Å²) in [5.41, 5.74) is 4.72. The molecule has 2 aromatic rings. The minimum absolute atomic E-state index is 0.0855. The second kappa shape index (κ2) is 7.55. The summed E-state index contributed by atoms with van der Waals surface area (Å²) in [6.07, 6.45) is -1.11. The van der Waals surface area contributed by atoms with Crippen molar-refractivity contribution < 1.29 is 27.5 Å². The zero-order valence-corrected chi connectivity index (χ0v) is 17.2. The Morgan fingerprint density at radius 3 is 2.77 bits per heavy atom. The number of amidine groups is 1. The number of halogens is 3. The van der Waals surface area contributed by atoms with Crippen LogP contribution in [0, 0.1) is 5.41 Å². The number of amides is 2. The van der Waals surface area contributed by atoms with Gasteiger partial charge in [-0.1, -0.05) is 0 Å². The number of hydrogen-bond acceptors (Lipinski definition) is 6. The minimum Gasteiger partial charge on any atom is -0.445 e. The summed E-state index contributed by atoms with van der Waals surface area (Å²) in [6.45, 7) is 1.10. The zero-order valence-electron chi connectivity index (χ0n) is 16.3. The van der Waals surface area contributed by atoms with Crippen molar-refractivity contribution in [3.05, 3.63) is 35.1 Å². The van der Waals surface area contributed by atoms with Gasteiger partial charge in [-0.3, -0.25) is 4.79 Å². The third kappa shape index (κ3) is 4.09. The molecule has 2 aliphatic rings. The molecule has 4 rings (SSSR count). The molecule has 1 saturated carbocycles. The fourth-order valence-corrected chi connectivity index (χ4v) is 4.74. The van der Waals surface area contributed by atoms with Crippen molar-refractivity contribution in [2.75, 3.05) is 20.1 Å². The number of aliphatic imine (C=N–C) groups is 1. The number of alkyl halides is 3. The van der Waals surface area contributed by atoms with Crippen molar-refractivity contribution in [1.82, 2.24) is 19.8 Å². The highest BCUT2D eigenvalue weighted by atomic mass is 32.1. The molecule has 1 saturated heterocycles. The topological polar surface area (TPSA) is 114 Å². The van der Waals surface area contributed by atoms with Crippen LogP contribution in [0.4, 0.5) is 18.0 Å². The van der Waals surface area contributed by atoms with Gasteiger partial charge in [-0.2, -0.15) is 23.3 Å². The van der Waals surface area contributed by atoms with Crippen molar-refractivity contribution >= 4 is 34.0 Å². The van der Waals surface area contributed by atoms with E-state index >= 15 is 0 Å². The average molecular weight is 456 g/mol. The largest absolute Gasteiger partial charge is 0.445 e. The highest BCUT2D eigenvalue weighted by Gasteiger charge is 2.55. The lowest BCUT2D eigenvalue weighted by Gasteiger charge is -2.58. The maximum atomic E-state index is 12.7. The fraction of sp³-hybridized carbons (Fsp3) is 0.444. The fourth-order valence-electron chi connectivity index (χ4n) is 3.95. The Morgan fingerprint density at radius 2 is 2.13 bits per heavy atom. The summed E-state index contributed by atoms with van der Waals surface area (Å²) in [5.74, 6) is -0.695. The number of nitrogens with zero attached hydrogens (tertiary/aromatic N) is 4. The first-order chi connectivity index (χ1) is 14.6. The molecule has 0 atom stereocenters. The normalized spacial score (nSPS) is 19.3. The first-order valence-corrected chi connectivity index (χ1v) is 10.2. The number of fused-ring (bicyclic) bond motifs is 1. The van der Waals surface area contributed by atoms with E-state index in [-0.39, 0.29) is 11.3 Å². The summed E-state index contributed by atoms with van der Waals surface area (Å²) in [5, 5.41) is 7.95. The second-order valence-corrected chi connectivity index (χ2v) is 8.52. The summed E-state index contributed by atoms with van der Waals surface area (Å²) >= 11 is 1.44. The molecule has 2 amide bonds. The number of aromatic nitrogens is 2. The van der Waals surface area contributed by atoms with Crippen molar-refractivity contribution in [3.63, 3.8) is 0 Å². The number of likely N-dealkylation sites (tertiary alicyclic amines) is 1. The lowest BCUT2D eigenvalue weighted by atomic mass is 9.61. The molecule has 1 aliphatic heterocycles. The third-order valence-corrected chi connectivity index (χ3v) is 6.27. The highest BCUT2D eigenvalue weighted by Crippen LogP contribution is 2.50. The van der Waals surface area contributed by atoms with E-state index in [1.807, 2.05) is 10.7 Å². The Hall–Kier alpha value is -3.09. The molecule has 31 heavy (non-hydrogen) atoms. The number of carbonyl (C=O) groups excluding carboxylic acids is 2. The molecule has 166 valence electrons. The van der Waals surface area contributed by atoms with Gasteiger partial charge in [0.15, 0.2) is 0 Å². The van der Waals surface area contributed by atoms with E-state index in [0.717, 1.165) is 11.9 Å². The highest BCUT2D eigenvalue weighted by molar-refractivity contribution is 7.15. The van der Waals surface area contributed by atoms with Gasteiger partial charge in [-0.05, 0) is 12.8 Å². The molecule has 3 N–H and O–H groups in total. The summed E-state index contributed by atoms with van der Waals surface area (Å²) in [7, 11) is 1.08. The quantitative estimate of drug-likeness (QED) is 0.538. The number of carbonyl (C=O) groups is 2. The predicted molar refractivity (Wildman–Crippen MR) is 106 cm³/mol. The maximum absolute atomic E-state index is 12.7. The molecule has 0 bridgehead atoms. The third-order valence-electron chi connectivity index (χ3n) is 5.38. The second-order valence-electron chi connectivity index (χ2n) is 7.63. The number of rotatable bonds is 4. The Morgan fingerprint density at radius 1 is 1.42 bits per heavy atom. The van der Waals surface area contributed by atoms with Crippen LogP contribution < -0.4 is 11.1 Å². The summed E-state index contributed by atoms with van der Waals surface area (Å²) in [6, 6.07) is 0. The Bertz CT molecular complexity index is 1070. The van der Waals surface area contributed by atoms with Crippen LogP contribution >= 0.6 is 11.3 Å². The van der Waals surface area contributed by atoms with Gasteiger partial charge in [-0.25, -0.2) is 9.31 Å². The van der Waals surface area contributed by atoms with Gasteiger partial charge in [0.1, 0.15) is 22.5 Å². The Labute approximate surface area is 178 Å². The number of nitrogens with two attached hydrogens (primary N) is 1. The van der Waals surface area contributed by atoms with Crippen LogP contribution in [-0.2, 0) is 4.74 Å². The standard InChI is InChI=1S/C18H19F3N6O3S/c1-23-12(18(19,20)21)4-13(22)25-16(29)30-10-5-17(6-10)8-26(9-17)14(28)11-7-24-27-2-3-31-15(11)27/h2-4,7,10,23H,5-6,8-9H2,1H3,(H2,22,25,29)/b12-4-. The van der Waals surface area contributed by atoms with Crippen LogP contribution in [0.2, 0.25) is 0 Å². The van der Waals surface area contributed by atoms with Gasteiger partial charge in [0.25, 0.3) is 5.91 Å². The summed E-state index contributed by atoms with van der Waals surface area (Å²) < 4.78 is 44.8. The maximum Gasteiger partial charge on any atom is 0.435 e. The SMILES string of the molecule is CN/C(=C\C(N)=N/C(=O)OC1CC2(C1)CN(C(=O)c1cnn3ccsc13)C2)C(F)(F)F. The van der Waals surface area contributed by atoms with Crippen LogP contribution in [0.1, 0.15) is 23.2 Å². The van der Waals surface area contributed by atoms with E-state index in [1.165, 1.54) is 11.3 Å². The molecule has 1 aliphatic carbocycles. The molecular formula is C18H19F3N6O3S. The number of allylic oxidation sites excluding steroid dienone is 1. The number of thiazole rings is 1. The van der Waals surface area contributed by atoms with Crippen LogP contribution in [0.5, 0.6) is 0 Å². The van der Waals surface area contributed by atoms with E-state index in [1.54, 1.807) is 21.8 Å². The van der Waals surface area contributed by atoms with Gasteiger partial charge in [0.05, 0.1) is 11.8 Å². The van der Waals surface area contributed by atoms with Gasteiger partial charge < -0.3 is 20.7 Å². The van der Waals surface area contributed by atoms with Crippen LogP contribution in [0.15, 0.2) is 34.5 Å². The van der Waals surface area contributed by atoms with Crippen LogP contribution in [0.3, 0.4) is 0 Å². The predicted octanol–water partition coefficient (Wildman–Crippen LogP) is 2.16. The van der Waals surface area contributed by atoms with Crippen LogP contribution in [-0.4, -0.2) is 64.8 Å².